The Balaban J connectivity index is 1.36. The molecule has 0 saturated carbocycles. The van der Waals surface area contributed by atoms with E-state index in [9.17, 15) is 4.79 Å². The summed E-state index contributed by atoms with van der Waals surface area (Å²) in [5.74, 6) is 2.11. The fraction of sp³-hybridized carbons (Fsp3) is 0.250. The second-order valence-electron chi connectivity index (χ2n) is 10.7. The summed E-state index contributed by atoms with van der Waals surface area (Å²) < 4.78 is 18.4. The first-order valence-electron chi connectivity index (χ1n) is 14.6. The van der Waals surface area contributed by atoms with Crippen molar-refractivity contribution in [3.8, 4) is 27.7 Å². The van der Waals surface area contributed by atoms with Crippen LogP contribution in [0.4, 0.5) is 0 Å². The van der Waals surface area contributed by atoms with E-state index < -0.39 is 0 Å². The molecule has 0 unspecified atom stereocenters. The minimum absolute atomic E-state index is 0.0499. The molecule has 5 aromatic rings. The minimum atomic E-state index is -0.0502. The third-order valence-corrected chi connectivity index (χ3v) is 8.96. The number of aliphatic hydroxyl groups excluding tert-OH is 1. The van der Waals surface area contributed by atoms with Gasteiger partial charge in [0.1, 0.15) is 30.5 Å². The Kier molecular flexibility index (Phi) is 9.03. The molecule has 0 aliphatic carbocycles. The summed E-state index contributed by atoms with van der Waals surface area (Å²) in [6.07, 6.45) is 2.45. The van der Waals surface area contributed by atoms with Gasteiger partial charge in [-0.25, -0.2) is 0 Å². The lowest BCUT2D eigenvalue weighted by atomic mass is 9.96. The molecule has 0 radical (unpaired) electrons. The van der Waals surface area contributed by atoms with Gasteiger partial charge in [0.25, 0.3) is 0 Å². The third-order valence-electron chi connectivity index (χ3n) is 7.76. The van der Waals surface area contributed by atoms with Crippen molar-refractivity contribution in [3.05, 3.63) is 113 Å². The van der Waals surface area contributed by atoms with Crippen LogP contribution in [0, 0.1) is 0 Å². The summed E-state index contributed by atoms with van der Waals surface area (Å²) in [5, 5.41) is 10.0. The van der Waals surface area contributed by atoms with E-state index >= 15 is 0 Å². The summed E-state index contributed by atoms with van der Waals surface area (Å²) >= 11 is 1.57. The van der Waals surface area contributed by atoms with Gasteiger partial charge in [-0.05, 0) is 85.6 Å². The topological polar surface area (TPSA) is 68.2 Å². The predicted octanol–water partition coefficient (Wildman–Crippen LogP) is 7.35. The van der Waals surface area contributed by atoms with E-state index in [0.29, 0.717) is 23.5 Å². The van der Waals surface area contributed by atoms with Crippen LogP contribution >= 0.6 is 11.3 Å². The fourth-order valence-corrected chi connectivity index (χ4v) is 6.78. The van der Waals surface area contributed by atoms with Crippen LogP contribution in [0.25, 0.3) is 20.5 Å². The molecule has 1 fully saturated rings. The van der Waals surface area contributed by atoms with Crippen LogP contribution in [-0.4, -0.2) is 49.2 Å². The number of rotatable bonds is 12. The van der Waals surface area contributed by atoms with Gasteiger partial charge in [-0.15, -0.1) is 11.3 Å². The zero-order chi connectivity index (χ0) is 29.6. The number of benzene rings is 4. The lowest BCUT2D eigenvalue weighted by molar-refractivity contribution is 0.104. The molecule has 0 bridgehead atoms. The normalized spacial score (nSPS) is 13.3. The number of carbonyl (C=O) groups excluding carboxylic acids is 1. The molecular formula is C36H35NO5S. The van der Waals surface area contributed by atoms with Crippen molar-refractivity contribution < 1.29 is 24.1 Å². The Morgan fingerprint density at radius 2 is 1.65 bits per heavy atom. The van der Waals surface area contributed by atoms with Crippen LogP contribution in [0.2, 0.25) is 0 Å². The van der Waals surface area contributed by atoms with Gasteiger partial charge in [-0.3, -0.25) is 9.69 Å². The minimum Gasteiger partial charge on any atom is -0.496 e. The number of nitrogens with zero attached hydrogens (tertiary/aromatic N) is 1. The molecule has 0 spiro atoms. The van der Waals surface area contributed by atoms with Gasteiger partial charge in [0.05, 0.1) is 13.7 Å². The van der Waals surface area contributed by atoms with E-state index in [1.165, 1.54) is 12.8 Å². The number of likely N-dealkylation sites (tertiary alicyclic amines) is 1. The van der Waals surface area contributed by atoms with Crippen molar-refractivity contribution >= 4 is 27.2 Å². The van der Waals surface area contributed by atoms with Crippen LogP contribution in [0.3, 0.4) is 0 Å². The van der Waals surface area contributed by atoms with Gasteiger partial charge in [0.2, 0.25) is 0 Å². The zero-order valence-electron chi connectivity index (χ0n) is 24.3. The lowest BCUT2D eigenvalue weighted by Crippen LogP contribution is -2.19. The highest BCUT2D eigenvalue weighted by atomic mass is 32.1. The smallest absolute Gasteiger partial charge is 0.195 e. The lowest BCUT2D eigenvalue weighted by Gasteiger charge is -2.17. The number of thiophene rings is 1. The second-order valence-corrected chi connectivity index (χ2v) is 11.7. The highest BCUT2D eigenvalue weighted by Gasteiger charge is 2.24. The number of aliphatic hydroxyl groups is 1. The second kappa shape index (κ2) is 13.4. The van der Waals surface area contributed by atoms with Gasteiger partial charge in [0.15, 0.2) is 5.78 Å². The molecule has 0 atom stereocenters. The van der Waals surface area contributed by atoms with Crippen LogP contribution in [0.5, 0.6) is 17.2 Å². The average Bonchev–Trinajstić information content (AvgIpc) is 3.71. The molecule has 0 amide bonds. The van der Waals surface area contributed by atoms with E-state index in [2.05, 4.69) is 4.90 Å². The fourth-order valence-electron chi connectivity index (χ4n) is 5.54. The standard InChI is InChI=1S/C36H35NO5S/c1-40-32-21-27(9-10-28(32)23-37-17-5-6-18-37)35(39)34-31-16-15-30(42-24-25-7-3-2-4-8-25)22-33(31)43-36(34)26-11-13-29(14-12-26)41-20-19-38/h2-4,7-16,21-22,38H,5-6,17-20,23-24H2,1H3. The average molecular weight is 594 g/mol. The van der Waals surface area contributed by atoms with E-state index in [1.54, 1.807) is 18.4 Å². The van der Waals surface area contributed by atoms with Crippen molar-refractivity contribution in [1.29, 1.82) is 0 Å². The van der Waals surface area contributed by atoms with Crippen molar-refractivity contribution in [2.45, 2.75) is 26.0 Å². The quantitative estimate of drug-likeness (QED) is 0.153. The number of fused-ring (bicyclic) bond motifs is 1. The molecule has 1 aliphatic rings. The van der Waals surface area contributed by atoms with Crippen molar-refractivity contribution in [2.24, 2.45) is 0 Å². The van der Waals surface area contributed by atoms with Crippen molar-refractivity contribution in [1.82, 2.24) is 4.90 Å². The van der Waals surface area contributed by atoms with Gasteiger partial charge in [0, 0.05) is 38.2 Å². The van der Waals surface area contributed by atoms with E-state index in [0.717, 1.165) is 62.8 Å². The number of hydrogen-bond donors (Lipinski definition) is 1. The molecule has 220 valence electrons. The maximum Gasteiger partial charge on any atom is 0.195 e. The first-order chi connectivity index (χ1) is 21.1. The molecule has 7 heteroatoms. The molecule has 6 nitrogen and oxygen atoms in total. The van der Waals surface area contributed by atoms with Gasteiger partial charge in [-0.2, -0.15) is 0 Å². The highest BCUT2D eigenvalue weighted by Crippen LogP contribution is 2.42. The van der Waals surface area contributed by atoms with Gasteiger partial charge >= 0.3 is 0 Å². The predicted molar refractivity (Wildman–Crippen MR) is 172 cm³/mol. The van der Waals surface area contributed by atoms with E-state index in [1.807, 2.05) is 91.0 Å². The monoisotopic (exact) mass is 593 g/mol. The summed E-state index contributed by atoms with van der Waals surface area (Å²) in [6, 6.07) is 29.5. The maximum absolute atomic E-state index is 14.3. The molecule has 43 heavy (non-hydrogen) atoms. The molecule has 1 aliphatic heterocycles. The molecule has 1 saturated heterocycles. The summed E-state index contributed by atoms with van der Waals surface area (Å²) in [7, 11) is 1.67. The number of hydrogen-bond acceptors (Lipinski definition) is 7. The van der Waals surface area contributed by atoms with Crippen LogP contribution < -0.4 is 14.2 Å². The first kappa shape index (κ1) is 28.9. The number of methoxy groups -OCH3 is 1. The molecule has 1 aromatic heterocycles. The van der Waals surface area contributed by atoms with Crippen LogP contribution in [-0.2, 0) is 13.2 Å². The summed E-state index contributed by atoms with van der Waals surface area (Å²) in [6.45, 7) is 3.65. The number of carbonyl (C=O) groups is 1. The van der Waals surface area contributed by atoms with E-state index in [-0.39, 0.29) is 19.0 Å². The van der Waals surface area contributed by atoms with Gasteiger partial charge in [-0.1, -0.05) is 42.5 Å². The SMILES string of the molecule is COc1cc(C(=O)c2c(-c3ccc(OCCO)cc3)sc3cc(OCc4ccccc4)ccc23)ccc1CN1CCCC1. The number of ketones is 1. The molecule has 4 aromatic carbocycles. The van der Waals surface area contributed by atoms with E-state index in [4.69, 9.17) is 19.3 Å². The molecular weight excluding hydrogens is 558 g/mol. The largest absolute Gasteiger partial charge is 0.496 e. The first-order valence-corrected chi connectivity index (χ1v) is 15.5. The Hall–Kier alpha value is -4.17. The Morgan fingerprint density at radius 3 is 2.40 bits per heavy atom. The molecule has 2 heterocycles. The van der Waals surface area contributed by atoms with Crippen molar-refractivity contribution in [3.63, 3.8) is 0 Å². The number of ether oxygens (including phenoxy) is 3. The summed E-state index contributed by atoms with van der Waals surface area (Å²) in [5.41, 5.74) is 4.36. The Morgan fingerprint density at radius 1 is 0.884 bits per heavy atom. The highest BCUT2D eigenvalue weighted by molar-refractivity contribution is 7.22. The molecule has 6 rings (SSSR count). The van der Waals surface area contributed by atoms with Gasteiger partial charge < -0.3 is 19.3 Å². The van der Waals surface area contributed by atoms with Crippen LogP contribution in [0.1, 0.15) is 39.9 Å². The third kappa shape index (κ3) is 6.59. The van der Waals surface area contributed by atoms with Crippen molar-refractivity contribution in [2.75, 3.05) is 33.4 Å². The maximum atomic E-state index is 14.3. The molecule has 1 N–H and O–H groups in total. The zero-order valence-corrected chi connectivity index (χ0v) is 25.1. The Labute approximate surface area is 256 Å². The Bertz CT molecular complexity index is 1690. The summed E-state index contributed by atoms with van der Waals surface area (Å²) in [4.78, 5) is 17.6. The van der Waals surface area contributed by atoms with Crippen LogP contribution in [0.15, 0.2) is 91.0 Å².